The molecular formula is C13H17N3O4S3. The van der Waals surface area contributed by atoms with Crippen LogP contribution in [0.1, 0.15) is 10.9 Å². The Kier molecular flexibility index (Phi) is 5.40. The number of rotatable bonds is 7. The average Bonchev–Trinajstić information content (AvgIpc) is 3.06. The van der Waals surface area contributed by atoms with E-state index < -0.39 is 14.8 Å². The van der Waals surface area contributed by atoms with Gasteiger partial charge in [-0.05, 0) is 25.5 Å². The van der Waals surface area contributed by atoms with Crippen LogP contribution in [0.3, 0.4) is 0 Å². The van der Waals surface area contributed by atoms with Crippen molar-refractivity contribution in [2.45, 2.75) is 10.3 Å². The van der Waals surface area contributed by atoms with Crippen molar-refractivity contribution in [1.29, 1.82) is 0 Å². The average molecular weight is 375 g/mol. The summed E-state index contributed by atoms with van der Waals surface area (Å²) in [4.78, 5) is 13.7. The Morgan fingerprint density at radius 2 is 2.13 bits per heavy atom. The van der Waals surface area contributed by atoms with Gasteiger partial charge in [0.15, 0.2) is 14.8 Å². The van der Waals surface area contributed by atoms with Gasteiger partial charge < -0.3 is 10.2 Å². The number of nitrogens with zero attached hydrogens (tertiary/aromatic N) is 2. The lowest BCUT2D eigenvalue weighted by Crippen LogP contribution is -2.26. The highest BCUT2D eigenvalue weighted by Gasteiger charge is 2.25. The molecule has 0 amide bonds. The summed E-state index contributed by atoms with van der Waals surface area (Å²) in [5.74, 6) is 0. The van der Waals surface area contributed by atoms with Crippen LogP contribution in [0.5, 0.6) is 0 Å². The third kappa shape index (κ3) is 4.28. The molecule has 7 nitrogen and oxygen atoms in total. The third-order valence-corrected chi connectivity index (χ3v) is 7.06. The molecule has 0 aliphatic rings. The van der Waals surface area contributed by atoms with E-state index in [1.807, 2.05) is 36.5 Å². The molecule has 1 unspecified atom stereocenters. The summed E-state index contributed by atoms with van der Waals surface area (Å²) in [7, 11) is 0.384. The maximum atomic E-state index is 11.6. The lowest BCUT2D eigenvalue weighted by Gasteiger charge is -2.23. The minimum absolute atomic E-state index is 0.00998. The predicted molar refractivity (Wildman–Crippen MR) is 93.3 cm³/mol. The van der Waals surface area contributed by atoms with Gasteiger partial charge in [0.25, 0.3) is 0 Å². The van der Waals surface area contributed by atoms with E-state index in [0.717, 1.165) is 28.5 Å². The maximum Gasteiger partial charge on any atom is 0.304 e. The van der Waals surface area contributed by atoms with Crippen molar-refractivity contribution >= 4 is 43.2 Å². The molecule has 0 aliphatic heterocycles. The van der Waals surface area contributed by atoms with Crippen LogP contribution in [0.15, 0.2) is 27.8 Å². The standard InChI is InChI=1S/C13H17N3O4S3/c1-15(2)10(11-5-4-6-21-11)8-14-13-9(16(17)18)7-12(22-13)23(3,19)20/h4-7,10,14H,8H2,1-3H3. The first-order valence-electron chi connectivity index (χ1n) is 6.62. The van der Waals surface area contributed by atoms with Crippen molar-refractivity contribution < 1.29 is 13.3 Å². The molecular weight excluding hydrogens is 358 g/mol. The second-order valence-electron chi connectivity index (χ2n) is 5.18. The second kappa shape index (κ2) is 6.95. The lowest BCUT2D eigenvalue weighted by molar-refractivity contribution is -0.383. The molecule has 0 radical (unpaired) electrons. The SMILES string of the molecule is CN(C)C(CNc1sc(S(C)(=O)=O)cc1[N+](=O)[O-])c1cccs1. The first kappa shape index (κ1) is 17.9. The van der Waals surface area contributed by atoms with E-state index in [1.165, 1.54) is 0 Å². The molecule has 2 heterocycles. The summed E-state index contributed by atoms with van der Waals surface area (Å²) in [5, 5.41) is 16.4. The normalized spacial score (nSPS) is 13.2. The van der Waals surface area contributed by atoms with Gasteiger partial charge in [0, 0.05) is 23.7 Å². The van der Waals surface area contributed by atoms with Crippen LogP contribution in [0.4, 0.5) is 10.7 Å². The monoisotopic (exact) mass is 375 g/mol. The van der Waals surface area contributed by atoms with Crippen molar-refractivity contribution in [1.82, 2.24) is 4.90 Å². The number of nitrogens with one attached hydrogen (secondary N) is 1. The summed E-state index contributed by atoms with van der Waals surface area (Å²) < 4.78 is 23.2. The van der Waals surface area contributed by atoms with Crippen LogP contribution < -0.4 is 5.32 Å². The Hall–Kier alpha value is -1.49. The topological polar surface area (TPSA) is 92.6 Å². The first-order valence-corrected chi connectivity index (χ1v) is 10.2. The molecule has 2 rings (SSSR count). The second-order valence-corrected chi connectivity index (χ2v) is 9.46. The fourth-order valence-corrected chi connectivity index (χ4v) is 4.88. The largest absolute Gasteiger partial charge is 0.369 e. The van der Waals surface area contributed by atoms with E-state index in [0.29, 0.717) is 6.54 Å². The zero-order valence-electron chi connectivity index (χ0n) is 12.8. The fraction of sp³-hybridized carbons (Fsp3) is 0.385. The molecule has 0 fully saturated rings. The molecule has 0 aliphatic carbocycles. The number of hydrogen-bond donors (Lipinski definition) is 1. The molecule has 1 atom stereocenters. The van der Waals surface area contributed by atoms with Gasteiger partial charge >= 0.3 is 5.69 Å². The van der Waals surface area contributed by atoms with Gasteiger partial charge in [0.05, 0.1) is 11.0 Å². The highest BCUT2D eigenvalue weighted by Crippen LogP contribution is 2.37. The molecule has 2 aromatic heterocycles. The van der Waals surface area contributed by atoms with Gasteiger partial charge in [-0.3, -0.25) is 10.1 Å². The van der Waals surface area contributed by atoms with Gasteiger partial charge in [-0.2, -0.15) is 0 Å². The smallest absolute Gasteiger partial charge is 0.304 e. The van der Waals surface area contributed by atoms with Crippen LogP contribution in [0.25, 0.3) is 0 Å². The van der Waals surface area contributed by atoms with Crippen LogP contribution in [0, 0.1) is 10.1 Å². The summed E-state index contributed by atoms with van der Waals surface area (Å²) in [6, 6.07) is 5.10. The lowest BCUT2D eigenvalue weighted by atomic mass is 10.2. The van der Waals surface area contributed by atoms with E-state index in [9.17, 15) is 18.5 Å². The van der Waals surface area contributed by atoms with Crippen molar-refractivity contribution in [2.75, 3.05) is 32.2 Å². The zero-order valence-corrected chi connectivity index (χ0v) is 15.3. The third-order valence-electron chi connectivity index (χ3n) is 3.20. The molecule has 23 heavy (non-hydrogen) atoms. The molecule has 0 bridgehead atoms. The quantitative estimate of drug-likeness (QED) is 0.591. The number of thiophene rings is 2. The van der Waals surface area contributed by atoms with E-state index in [-0.39, 0.29) is 20.9 Å². The number of anilines is 1. The van der Waals surface area contributed by atoms with E-state index in [4.69, 9.17) is 0 Å². The zero-order chi connectivity index (χ0) is 17.2. The first-order chi connectivity index (χ1) is 10.7. The molecule has 0 saturated heterocycles. The summed E-state index contributed by atoms with van der Waals surface area (Å²) in [6.07, 6.45) is 1.04. The van der Waals surface area contributed by atoms with Crippen molar-refractivity contribution in [3.05, 3.63) is 38.6 Å². The Morgan fingerprint density at radius 1 is 1.43 bits per heavy atom. The van der Waals surface area contributed by atoms with E-state index in [1.54, 1.807) is 11.3 Å². The molecule has 0 spiro atoms. The maximum absolute atomic E-state index is 11.6. The van der Waals surface area contributed by atoms with Crippen molar-refractivity contribution in [3.8, 4) is 0 Å². The van der Waals surface area contributed by atoms with E-state index >= 15 is 0 Å². The van der Waals surface area contributed by atoms with Crippen molar-refractivity contribution in [3.63, 3.8) is 0 Å². The number of nitro groups is 1. The molecule has 126 valence electrons. The number of likely N-dealkylation sites (N-methyl/N-ethyl adjacent to an activating group) is 1. The predicted octanol–water partition coefficient (Wildman–Crippen LogP) is 2.84. The summed E-state index contributed by atoms with van der Waals surface area (Å²) >= 11 is 2.50. The van der Waals surface area contributed by atoms with Crippen LogP contribution in [-0.2, 0) is 9.84 Å². The molecule has 0 saturated carbocycles. The minimum atomic E-state index is -3.47. The van der Waals surface area contributed by atoms with Crippen LogP contribution in [-0.4, -0.2) is 45.1 Å². The van der Waals surface area contributed by atoms with Gasteiger partial charge in [-0.1, -0.05) is 17.4 Å². The van der Waals surface area contributed by atoms with Gasteiger partial charge in [0.2, 0.25) is 0 Å². The summed E-state index contributed by atoms with van der Waals surface area (Å²) in [6.45, 7) is 0.443. The molecule has 0 aromatic carbocycles. The molecule has 10 heteroatoms. The minimum Gasteiger partial charge on any atom is -0.369 e. The Balaban J connectivity index is 2.25. The number of sulfone groups is 1. The summed E-state index contributed by atoms with van der Waals surface area (Å²) in [5.41, 5.74) is -0.209. The van der Waals surface area contributed by atoms with E-state index in [2.05, 4.69) is 5.32 Å². The highest BCUT2D eigenvalue weighted by atomic mass is 32.2. The fourth-order valence-electron chi connectivity index (χ4n) is 2.01. The Bertz CT molecular complexity index is 782. The molecule has 1 N–H and O–H groups in total. The van der Waals surface area contributed by atoms with Crippen molar-refractivity contribution in [2.24, 2.45) is 0 Å². The van der Waals surface area contributed by atoms with Crippen LogP contribution >= 0.6 is 22.7 Å². The Labute approximate surface area is 142 Å². The van der Waals surface area contributed by atoms with Crippen LogP contribution in [0.2, 0.25) is 0 Å². The number of hydrogen-bond acceptors (Lipinski definition) is 8. The van der Waals surface area contributed by atoms with Gasteiger partial charge in [-0.25, -0.2) is 8.42 Å². The Morgan fingerprint density at radius 3 is 2.61 bits per heavy atom. The molecule has 2 aromatic rings. The highest BCUT2D eigenvalue weighted by molar-refractivity contribution is 7.92. The van der Waals surface area contributed by atoms with Gasteiger partial charge in [0.1, 0.15) is 4.21 Å². The van der Waals surface area contributed by atoms with Gasteiger partial charge in [-0.15, -0.1) is 11.3 Å².